The molecule has 1 rings (SSSR count). The summed E-state index contributed by atoms with van der Waals surface area (Å²) >= 11 is 5.78. The first-order chi connectivity index (χ1) is 9.90. The van der Waals surface area contributed by atoms with Gasteiger partial charge in [0.2, 0.25) is 0 Å². The Morgan fingerprint density at radius 3 is 2.48 bits per heavy atom. The summed E-state index contributed by atoms with van der Waals surface area (Å²) in [5, 5.41) is 3.84. The maximum Gasteiger partial charge on any atom is 0.389 e. The third-order valence-corrected chi connectivity index (χ3v) is 3.21. The zero-order chi connectivity index (χ0) is 15.7. The fraction of sp³-hybridized carbons (Fsp3) is 0.600. The van der Waals surface area contributed by atoms with E-state index >= 15 is 0 Å². The third-order valence-electron chi connectivity index (χ3n) is 2.96. The third kappa shape index (κ3) is 8.83. The molecule has 0 aliphatic heterocycles. The maximum absolute atomic E-state index is 12.2. The van der Waals surface area contributed by atoms with E-state index in [1.165, 1.54) is 0 Å². The van der Waals surface area contributed by atoms with Crippen molar-refractivity contribution in [3.63, 3.8) is 0 Å². The summed E-state index contributed by atoms with van der Waals surface area (Å²) in [6.45, 7) is 3.12. The monoisotopic (exact) mass is 323 g/mol. The van der Waals surface area contributed by atoms with Crippen LogP contribution in [0, 0.1) is 0 Å². The molecule has 0 radical (unpaired) electrons. The van der Waals surface area contributed by atoms with E-state index in [1.54, 1.807) is 24.3 Å². The van der Waals surface area contributed by atoms with Crippen LogP contribution < -0.4 is 10.1 Å². The van der Waals surface area contributed by atoms with Gasteiger partial charge in [0.05, 0.1) is 0 Å². The van der Waals surface area contributed by atoms with Crippen molar-refractivity contribution in [1.82, 2.24) is 5.32 Å². The summed E-state index contributed by atoms with van der Waals surface area (Å²) in [5.74, 6) is 0.665. The highest BCUT2D eigenvalue weighted by Crippen LogP contribution is 2.23. The molecule has 1 N–H and O–H groups in total. The summed E-state index contributed by atoms with van der Waals surface area (Å²) in [6.07, 6.45) is -3.37. The molecule has 0 saturated heterocycles. The summed E-state index contributed by atoms with van der Waals surface area (Å²) in [6, 6.07) is 6.84. The van der Waals surface area contributed by atoms with Gasteiger partial charge in [-0.25, -0.2) is 0 Å². The number of halogens is 4. The first-order valence-electron chi connectivity index (χ1n) is 7.09. The molecule has 0 spiro atoms. The van der Waals surface area contributed by atoms with E-state index in [4.69, 9.17) is 16.3 Å². The lowest BCUT2D eigenvalue weighted by Crippen LogP contribution is -2.35. The molecule has 1 aromatic rings. The Morgan fingerprint density at radius 2 is 1.90 bits per heavy atom. The molecule has 6 heteroatoms. The van der Waals surface area contributed by atoms with Crippen molar-refractivity contribution >= 4 is 11.6 Å². The van der Waals surface area contributed by atoms with Gasteiger partial charge in [0.15, 0.2) is 0 Å². The van der Waals surface area contributed by atoms with E-state index in [2.05, 4.69) is 5.32 Å². The van der Waals surface area contributed by atoms with Gasteiger partial charge in [0.25, 0.3) is 0 Å². The molecule has 0 fully saturated rings. The second-order valence-corrected chi connectivity index (χ2v) is 5.36. The zero-order valence-corrected chi connectivity index (χ0v) is 12.8. The Morgan fingerprint density at radius 1 is 1.24 bits per heavy atom. The molecular weight excluding hydrogens is 303 g/mol. The number of benzene rings is 1. The van der Waals surface area contributed by atoms with Crippen molar-refractivity contribution in [3.05, 3.63) is 29.3 Å². The summed E-state index contributed by atoms with van der Waals surface area (Å²) in [7, 11) is 0. The standard InChI is InChI=1S/C15H21ClF3NO/c1-2-10-20-13(4-3-9-15(17,18)19)11-21-14-7-5-12(16)6-8-14/h5-8,13,20H,2-4,9-11H2,1H3. The molecule has 0 aliphatic rings. The molecule has 1 atom stereocenters. The van der Waals surface area contributed by atoms with Crippen molar-refractivity contribution in [2.75, 3.05) is 13.2 Å². The number of alkyl halides is 3. The summed E-state index contributed by atoms with van der Waals surface area (Å²) in [5.41, 5.74) is 0. The fourth-order valence-electron chi connectivity index (χ4n) is 1.87. The van der Waals surface area contributed by atoms with Crippen LogP contribution in [0.2, 0.25) is 5.02 Å². The topological polar surface area (TPSA) is 21.3 Å². The van der Waals surface area contributed by atoms with Crippen LogP contribution in [-0.2, 0) is 0 Å². The molecule has 120 valence electrons. The Labute approximate surface area is 128 Å². The van der Waals surface area contributed by atoms with Gasteiger partial charge in [-0.15, -0.1) is 0 Å². The molecule has 0 aromatic heterocycles. The number of nitrogens with one attached hydrogen (secondary N) is 1. The lowest BCUT2D eigenvalue weighted by molar-refractivity contribution is -0.135. The summed E-state index contributed by atoms with van der Waals surface area (Å²) in [4.78, 5) is 0. The van der Waals surface area contributed by atoms with E-state index < -0.39 is 12.6 Å². The minimum absolute atomic E-state index is 0.0806. The lowest BCUT2D eigenvalue weighted by atomic mass is 10.1. The van der Waals surface area contributed by atoms with Crippen molar-refractivity contribution in [2.24, 2.45) is 0 Å². The minimum Gasteiger partial charge on any atom is -0.492 e. The van der Waals surface area contributed by atoms with Gasteiger partial charge < -0.3 is 10.1 Å². The molecule has 0 aliphatic carbocycles. The number of rotatable bonds is 9. The molecule has 0 amide bonds. The molecule has 2 nitrogen and oxygen atoms in total. The molecule has 0 saturated carbocycles. The number of hydrogen-bond acceptors (Lipinski definition) is 2. The molecule has 0 bridgehead atoms. The molecule has 21 heavy (non-hydrogen) atoms. The maximum atomic E-state index is 12.2. The number of ether oxygens (including phenoxy) is 1. The SMILES string of the molecule is CCCNC(CCCC(F)(F)F)COc1ccc(Cl)cc1. The van der Waals surface area contributed by atoms with Gasteiger partial charge >= 0.3 is 6.18 Å². The first-order valence-corrected chi connectivity index (χ1v) is 7.47. The van der Waals surface area contributed by atoms with Crippen LogP contribution in [0.3, 0.4) is 0 Å². The van der Waals surface area contributed by atoms with Crippen LogP contribution in [0.5, 0.6) is 5.75 Å². The van der Waals surface area contributed by atoms with Crippen molar-refractivity contribution in [1.29, 1.82) is 0 Å². The highest BCUT2D eigenvalue weighted by Gasteiger charge is 2.26. The predicted molar refractivity (Wildman–Crippen MR) is 78.9 cm³/mol. The van der Waals surface area contributed by atoms with Gasteiger partial charge in [-0.3, -0.25) is 0 Å². The van der Waals surface area contributed by atoms with Crippen LogP contribution in [0.1, 0.15) is 32.6 Å². The Hall–Kier alpha value is -0.940. The van der Waals surface area contributed by atoms with Crippen molar-refractivity contribution < 1.29 is 17.9 Å². The van der Waals surface area contributed by atoms with Crippen LogP contribution >= 0.6 is 11.6 Å². The normalized spacial score (nSPS) is 13.2. The predicted octanol–water partition coefficient (Wildman–Crippen LogP) is 4.82. The van der Waals surface area contributed by atoms with E-state index in [9.17, 15) is 13.2 Å². The molecular formula is C15H21ClF3NO. The van der Waals surface area contributed by atoms with Crippen LogP contribution in [0.25, 0.3) is 0 Å². The average Bonchev–Trinajstić information content (AvgIpc) is 2.41. The summed E-state index contributed by atoms with van der Waals surface area (Å²) < 4.78 is 42.1. The Kier molecular flexibility index (Phi) is 7.89. The highest BCUT2D eigenvalue weighted by atomic mass is 35.5. The Balaban J connectivity index is 2.39. The van der Waals surface area contributed by atoms with E-state index in [-0.39, 0.29) is 12.5 Å². The first kappa shape index (κ1) is 18.1. The van der Waals surface area contributed by atoms with Crippen LogP contribution in [-0.4, -0.2) is 25.4 Å². The van der Waals surface area contributed by atoms with E-state index in [0.717, 1.165) is 13.0 Å². The minimum atomic E-state index is -4.09. The van der Waals surface area contributed by atoms with Gasteiger partial charge in [0.1, 0.15) is 12.4 Å². The van der Waals surface area contributed by atoms with Crippen molar-refractivity contribution in [3.8, 4) is 5.75 Å². The molecule has 0 heterocycles. The van der Waals surface area contributed by atoms with Crippen molar-refractivity contribution in [2.45, 2.75) is 44.8 Å². The zero-order valence-electron chi connectivity index (χ0n) is 12.0. The van der Waals surface area contributed by atoms with E-state index in [1.807, 2.05) is 6.92 Å². The Bertz CT molecular complexity index is 395. The fourth-order valence-corrected chi connectivity index (χ4v) is 2.00. The molecule has 1 aromatic carbocycles. The van der Waals surface area contributed by atoms with Gasteiger partial charge in [-0.05, 0) is 50.1 Å². The van der Waals surface area contributed by atoms with Gasteiger partial charge in [-0.2, -0.15) is 13.2 Å². The highest BCUT2D eigenvalue weighted by molar-refractivity contribution is 6.30. The van der Waals surface area contributed by atoms with Gasteiger partial charge in [-0.1, -0.05) is 18.5 Å². The average molecular weight is 324 g/mol. The largest absolute Gasteiger partial charge is 0.492 e. The lowest BCUT2D eigenvalue weighted by Gasteiger charge is -2.19. The molecule has 1 unspecified atom stereocenters. The van der Waals surface area contributed by atoms with Gasteiger partial charge in [0, 0.05) is 17.5 Å². The second-order valence-electron chi connectivity index (χ2n) is 4.92. The number of hydrogen-bond donors (Lipinski definition) is 1. The van der Waals surface area contributed by atoms with Crippen LogP contribution in [0.15, 0.2) is 24.3 Å². The smallest absolute Gasteiger partial charge is 0.389 e. The van der Waals surface area contributed by atoms with Crippen LogP contribution in [0.4, 0.5) is 13.2 Å². The second kappa shape index (κ2) is 9.15. The quantitative estimate of drug-likeness (QED) is 0.703. The van der Waals surface area contributed by atoms with E-state index in [0.29, 0.717) is 23.8 Å².